The summed E-state index contributed by atoms with van der Waals surface area (Å²) in [5.74, 6) is 0.666. The largest absolute Gasteiger partial charge is 0.493 e. The Kier molecular flexibility index (Phi) is 10.8. The van der Waals surface area contributed by atoms with E-state index in [0.717, 1.165) is 5.56 Å². The van der Waals surface area contributed by atoms with Crippen LogP contribution in [0.3, 0.4) is 0 Å². The first-order valence-electron chi connectivity index (χ1n) is 12.0. The van der Waals surface area contributed by atoms with Crippen molar-refractivity contribution in [3.63, 3.8) is 0 Å². The number of rotatable bonds is 13. The van der Waals surface area contributed by atoms with Crippen molar-refractivity contribution in [1.82, 2.24) is 5.43 Å². The standard InChI is InChI=1S/C29H30ClN3O6/c1-5-13-38-24-12-9-21(16-25(24)36-4)29(35)33-31-17-20-14-23(30)28(26(15-20)37-6-2)39-18-27(34)32-22-10-7-19(3)8-11-22/h5,7-12,14-17H,1,6,13,18H2,2-4H3,(H,32,34)(H,33,35)/b31-17+. The third kappa shape index (κ3) is 8.51. The number of methoxy groups -OCH3 is 1. The van der Waals surface area contributed by atoms with Crippen molar-refractivity contribution < 1.29 is 28.5 Å². The monoisotopic (exact) mass is 551 g/mol. The van der Waals surface area contributed by atoms with Gasteiger partial charge in [-0.3, -0.25) is 9.59 Å². The van der Waals surface area contributed by atoms with Gasteiger partial charge in [-0.15, -0.1) is 0 Å². The molecule has 0 spiro atoms. The van der Waals surface area contributed by atoms with E-state index in [4.69, 9.17) is 30.5 Å². The van der Waals surface area contributed by atoms with Gasteiger partial charge in [-0.2, -0.15) is 5.10 Å². The summed E-state index contributed by atoms with van der Waals surface area (Å²) < 4.78 is 22.1. The molecule has 0 radical (unpaired) electrons. The Morgan fingerprint density at radius 2 is 1.77 bits per heavy atom. The number of ether oxygens (including phenoxy) is 4. The lowest BCUT2D eigenvalue weighted by molar-refractivity contribution is -0.118. The molecule has 0 fully saturated rings. The van der Waals surface area contributed by atoms with Gasteiger partial charge in [-0.1, -0.05) is 42.0 Å². The highest BCUT2D eigenvalue weighted by Gasteiger charge is 2.15. The summed E-state index contributed by atoms with van der Waals surface area (Å²) in [7, 11) is 1.49. The van der Waals surface area contributed by atoms with Gasteiger partial charge in [-0.25, -0.2) is 5.43 Å². The Hall–Kier alpha value is -4.50. The van der Waals surface area contributed by atoms with E-state index in [-0.39, 0.29) is 23.3 Å². The van der Waals surface area contributed by atoms with Crippen molar-refractivity contribution in [2.24, 2.45) is 5.10 Å². The summed E-state index contributed by atoms with van der Waals surface area (Å²) in [5, 5.41) is 7.00. The molecule has 0 unspecified atom stereocenters. The van der Waals surface area contributed by atoms with E-state index in [0.29, 0.717) is 47.3 Å². The molecule has 2 amide bonds. The molecule has 204 valence electrons. The molecule has 0 atom stereocenters. The smallest absolute Gasteiger partial charge is 0.271 e. The number of benzene rings is 3. The number of nitrogens with one attached hydrogen (secondary N) is 2. The van der Waals surface area contributed by atoms with E-state index in [1.807, 2.05) is 38.1 Å². The van der Waals surface area contributed by atoms with Gasteiger partial charge >= 0.3 is 0 Å². The van der Waals surface area contributed by atoms with Gasteiger partial charge in [0.15, 0.2) is 29.6 Å². The highest BCUT2D eigenvalue weighted by atomic mass is 35.5. The van der Waals surface area contributed by atoms with Crippen molar-refractivity contribution in [1.29, 1.82) is 0 Å². The summed E-state index contributed by atoms with van der Waals surface area (Å²) in [4.78, 5) is 24.9. The highest BCUT2D eigenvalue weighted by molar-refractivity contribution is 6.32. The number of aryl methyl sites for hydroxylation is 1. The normalized spacial score (nSPS) is 10.6. The van der Waals surface area contributed by atoms with Crippen molar-refractivity contribution in [2.75, 3.05) is 32.2 Å². The first-order valence-corrected chi connectivity index (χ1v) is 12.4. The zero-order valence-corrected chi connectivity index (χ0v) is 22.7. The molecule has 0 aliphatic rings. The Balaban J connectivity index is 1.65. The average Bonchev–Trinajstić information content (AvgIpc) is 2.92. The number of hydrogen-bond acceptors (Lipinski definition) is 7. The maximum Gasteiger partial charge on any atom is 0.271 e. The first kappa shape index (κ1) is 29.1. The number of carbonyl (C=O) groups is 2. The maximum atomic E-state index is 12.6. The predicted octanol–water partition coefficient (Wildman–Crippen LogP) is 5.40. The van der Waals surface area contributed by atoms with E-state index in [9.17, 15) is 9.59 Å². The van der Waals surface area contributed by atoms with Crippen LogP contribution in [-0.4, -0.2) is 45.0 Å². The van der Waals surface area contributed by atoms with E-state index >= 15 is 0 Å². The van der Waals surface area contributed by atoms with E-state index < -0.39 is 5.91 Å². The number of hydrogen-bond donors (Lipinski definition) is 2. The molecule has 3 aromatic rings. The Bertz CT molecular complexity index is 1340. The molecule has 0 aliphatic heterocycles. The van der Waals surface area contributed by atoms with Gasteiger partial charge in [-0.05, 0) is 61.9 Å². The molecule has 0 aliphatic carbocycles. The minimum Gasteiger partial charge on any atom is -0.493 e. The summed E-state index contributed by atoms with van der Waals surface area (Å²) >= 11 is 6.44. The average molecular weight is 552 g/mol. The topological polar surface area (TPSA) is 107 Å². The molecule has 0 saturated heterocycles. The highest BCUT2D eigenvalue weighted by Crippen LogP contribution is 2.36. The Morgan fingerprint density at radius 3 is 2.46 bits per heavy atom. The fourth-order valence-corrected chi connectivity index (χ4v) is 3.62. The molecule has 2 N–H and O–H groups in total. The minimum atomic E-state index is -0.449. The summed E-state index contributed by atoms with van der Waals surface area (Å²) in [6.45, 7) is 7.77. The molecular weight excluding hydrogens is 522 g/mol. The van der Waals surface area contributed by atoms with Crippen molar-refractivity contribution >= 4 is 35.3 Å². The van der Waals surface area contributed by atoms with Crippen molar-refractivity contribution in [2.45, 2.75) is 13.8 Å². The van der Waals surface area contributed by atoms with Crippen LogP contribution in [0, 0.1) is 6.92 Å². The number of halogens is 1. The second-order valence-electron chi connectivity index (χ2n) is 8.13. The van der Waals surface area contributed by atoms with Gasteiger partial charge in [0.1, 0.15) is 6.61 Å². The van der Waals surface area contributed by atoms with Gasteiger partial charge in [0.25, 0.3) is 11.8 Å². The van der Waals surface area contributed by atoms with Crippen LogP contribution in [0.2, 0.25) is 5.02 Å². The first-order chi connectivity index (χ1) is 18.8. The Morgan fingerprint density at radius 1 is 1.00 bits per heavy atom. The van der Waals surface area contributed by atoms with Crippen LogP contribution < -0.4 is 29.7 Å². The van der Waals surface area contributed by atoms with Crippen molar-refractivity contribution in [3.05, 3.63) is 89.0 Å². The zero-order chi connectivity index (χ0) is 28.2. The minimum absolute atomic E-state index is 0.219. The van der Waals surface area contributed by atoms with Crippen LogP contribution >= 0.6 is 11.6 Å². The second-order valence-corrected chi connectivity index (χ2v) is 8.54. The maximum absolute atomic E-state index is 12.6. The number of carbonyl (C=O) groups excluding carboxylic acids is 2. The van der Waals surface area contributed by atoms with Crippen LogP contribution in [0.4, 0.5) is 5.69 Å². The molecule has 0 aromatic heterocycles. The van der Waals surface area contributed by atoms with Crippen LogP contribution in [-0.2, 0) is 4.79 Å². The van der Waals surface area contributed by atoms with Gasteiger partial charge in [0, 0.05) is 11.3 Å². The predicted molar refractivity (Wildman–Crippen MR) is 152 cm³/mol. The van der Waals surface area contributed by atoms with Gasteiger partial charge < -0.3 is 24.3 Å². The molecule has 0 heterocycles. The summed E-state index contributed by atoms with van der Waals surface area (Å²) in [6.07, 6.45) is 3.03. The molecule has 9 nitrogen and oxygen atoms in total. The van der Waals surface area contributed by atoms with Crippen LogP contribution in [0.5, 0.6) is 23.0 Å². The van der Waals surface area contributed by atoms with Crippen LogP contribution in [0.25, 0.3) is 0 Å². The molecule has 3 aromatic carbocycles. The Labute approximate surface area is 232 Å². The van der Waals surface area contributed by atoms with Crippen LogP contribution in [0.15, 0.2) is 72.4 Å². The summed E-state index contributed by atoms with van der Waals surface area (Å²) in [5.41, 5.74) is 5.09. The van der Waals surface area contributed by atoms with E-state index in [1.54, 1.807) is 36.4 Å². The fourth-order valence-electron chi connectivity index (χ4n) is 3.34. The van der Waals surface area contributed by atoms with Gasteiger partial charge in [0.2, 0.25) is 0 Å². The molecule has 0 saturated carbocycles. The number of nitrogens with zero attached hydrogens (tertiary/aromatic N) is 1. The third-order valence-corrected chi connectivity index (χ3v) is 5.46. The number of hydrazone groups is 1. The van der Waals surface area contributed by atoms with Crippen LogP contribution in [0.1, 0.15) is 28.4 Å². The lowest BCUT2D eigenvalue weighted by Gasteiger charge is -2.14. The van der Waals surface area contributed by atoms with E-state index in [1.165, 1.54) is 13.3 Å². The van der Waals surface area contributed by atoms with E-state index in [2.05, 4.69) is 22.4 Å². The third-order valence-electron chi connectivity index (χ3n) is 5.18. The van der Waals surface area contributed by atoms with Gasteiger partial charge in [0.05, 0.1) is 25.0 Å². The molecule has 39 heavy (non-hydrogen) atoms. The summed E-state index contributed by atoms with van der Waals surface area (Å²) in [6, 6.07) is 15.4. The second kappa shape index (κ2) is 14.4. The fraction of sp³-hybridized carbons (Fsp3) is 0.207. The lowest BCUT2D eigenvalue weighted by atomic mass is 10.2. The molecule has 0 bridgehead atoms. The number of amides is 2. The molecule has 3 rings (SSSR count). The van der Waals surface area contributed by atoms with Crippen molar-refractivity contribution in [3.8, 4) is 23.0 Å². The molecular formula is C29H30ClN3O6. The molecule has 10 heteroatoms. The lowest BCUT2D eigenvalue weighted by Crippen LogP contribution is -2.20. The zero-order valence-electron chi connectivity index (χ0n) is 22.0. The SMILES string of the molecule is C=CCOc1ccc(C(=O)N/N=C/c2cc(Cl)c(OCC(=O)Nc3ccc(C)cc3)c(OCC)c2)cc1OC. The quantitative estimate of drug-likeness (QED) is 0.167. The number of anilines is 1.